The molecular weight excluding hydrogens is 256 g/mol. The van der Waals surface area contributed by atoms with Gasteiger partial charge >= 0.3 is 0 Å². The van der Waals surface area contributed by atoms with Crippen molar-refractivity contribution in [2.24, 2.45) is 0 Å². The van der Waals surface area contributed by atoms with Crippen molar-refractivity contribution in [3.63, 3.8) is 0 Å². The SMILES string of the molecule is COc1c[c]c(C)c(OC)c1-c1ccc2c(c1)OCO2. The van der Waals surface area contributed by atoms with E-state index < -0.39 is 0 Å². The van der Waals surface area contributed by atoms with Crippen LogP contribution in [0.15, 0.2) is 24.3 Å². The molecule has 3 rings (SSSR count). The zero-order chi connectivity index (χ0) is 14.1. The van der Waals surface area contributed by atoms with E-state index in [9.17, 15) is 0 Å². The quantitative estimate of drug-likeness (QED) is 0.859. The van der Waals surface area contributed by atoms with Crippen molar-refractivity contribution in [2.75, 3.05) is 21.0 Å². The maximum Gasteiger partial charge on any atom is 0.231 e. The van der Waals surface area contributed by atoms with Gasteiger partial charge in [0.05, 0.1) is 19.8 Å². The fourth-order valence-electron chi connectivity index (χ4n) is 2.35. The largest absolute Gasteiger partial charge is 0.496 e. The van der Waals surface area contributed by atoms with Gasteiger partial charge in [0, 0.05) is 0 Å². The molecule has 0 aliphatic carbocycles. The summed E-state index contributed by atoms with van der Waals surface area (Å²) in [6.45, 7) is 2.21. The average Bonchev–Trinajstić information content (AvgIpc) is 2.94. The minimum absolute atomic E-state index is 0.259. The van der Waals surface area contributed by atoms with Crippen molar-refractivity contribution in [1.29, 1.82) is 0 Å². The highest BCUT2D eigenvalue weighted by molar-refractivity contribution is 5.79. The Kier molecular flexibility index (Phi) is 3.14. The van der Waals surface area contributed by atoms with Crippen LogP contribution in [-0.4, -0.2) is 21.0 Å². The van der Waals surface area contributed by atoms with E-state index in [0.29, 0.717) is 5.75 Å². The molecular formula is C16H15O4. The second-order valence-electron chi connectivity index (χ2n) is 4.46. The second kappa shape index (κ2) is 4.96. The smallest absolute Gasteiger partial charge is 0.231 e. The van der Waals surface area contributed by atoms with E-state index in [4.69, 9.17) is 18.9 Å². The van der Waals surface area contributed by atoms with Crippen LogP contribution in [0, 0.1) is 13.0 Å². The van der Waals surface area contributed by atoms with Gasteiger partial charge in [0.2, 0.25) is 6.79 Å². The van der Waals surface area contributed by atoms with Gasteiger partial charge in [-0.25, -0.2) is 0 Å². The summed E-state index contributed by atoms with van der Waals surface area (Å²) >= 11 is 0. The maximum atomic E-state index is 5.51. The highest BCUT2D eigenvalue weighted by Gasteiger charge is 2.19. The molecule has 0 amide bonds. The molecule has 0 spiro atoms. The number of methoxy groups -OCH3 is 2. The number of rotatable bonds is 3. The molecule has 1 radical (unpaired) electrons. The van der Waals surface area contributed by atoms with Gasteiger partial charge in [0.25, 0.3) is 0 Å². The summed E-state index contributed by atoms with van der Waals surface area (Å²) < 4.78 is 21.7. The summed E-state index contributed by atoms with van der Waals surface area (Å²) in [4.78, 5) is 0. The van der Waals surface area contributed by atoms with Crippen molar-refractivity contribution >= 4 is 0 Å². The molecule has 20 heavy (non-hydrogen) atoms. The highest BCUT2D eigenvalue weighted by Crippen LogP contribution is 2.44. The van der Waals surface area contributed by atoms with Crippen LogP contribution in [0.1, 0.15) is 5.56 Å². The van der Waals surface area contributed by atoms with Crippen LogP contribution in [0.4, 0.5) is 0 Å². The van der Waals surface area contributed by atoms with Crippen LogP contribution >= 0.6 is 0 Å². The summed E-state index contributed by atoms with van der Waals surface area (Å²) in [5.74, 6) is 2.96. The van der Waals surface area contributed by atoms with Gasteiger partial charge in [0.15, 0.2) is 11.5 Å². The minimum atomic E-state index is 0.259. The third-order valence-corrected chi connectivity index (χ3v) is 3.32. The Bertz CT molecular complexity index is 649. The van der Waals surface area contributed by atoms with Gasteiger partial charge < -0.3 is 18.9 Å². The van der Waals surface area contributed by atoms with Gasteiger partial charge in [-0.05, 0) is 42.3 Å². The number of benzene rings is 2. The van der Waals surface area contributed by atoms with Gasteiger partial charge in [-0.2, -0.15) is 0 Å². The summed E-state index contributed by atoms with van der Waals surface area (Å²) in [5, 5.41) is 0. The highest BCUT2D eigenvalue weighted by atomic mass is 16.7. The van der Waals surface area contributed by atoms with Crippen molar-refractivity contribution in [2.45, 2.75) is 6.92 Å². The van der Waals surface area contributed by atoms with E-state index in [0.717, 1.165) is 33.9 Å². The minimum Gasteiger partial charge on any atom is -0.496 e. The van der Waals surface area contributed by atoms with Gasteiger partial charge in [-0.15, -0.1) is 0 Å². The third kappa shape index (κ3) is 1.93. The fourth-order valence-corrected chi connectivity index (χ4v) is 2.35. The van der Waals surface area contributed by atoms with Crippen LogP contribution in [0.2, 0.25) is 0 Å². The number of fused-ring (bicyclic) bond motifs is 1. The number of aryl methyl sites for hydroxylation is 1. The summed E-state index contributed by atoms with van der Waals surface area (Å²) in [5.41, 5.74) is 2.78. The molecule has 2 aromatic carbocycles. The average molecular weight is 271 g/mol. The molecule has 0 atom stereocenters. The first-order valence-corrected chi connectivity index (χ1v) is 6.28. The number of ether oxygens (including phenoxy) is 4. The van der Waals surface area contributed by atoms with E-state index >= 15 is 0 Å². The van der Waals surface area contributed by atoms with Crippen LogP contribution < -0.4 is 18.9 Å². The lowest BCUT2D eigenvalue weighted by Crippen LogP contribution is -1.96. The Morgan fingerprint density at radius 3 is 2.65 bits per heavy atom. The molecule has 0 saturated heterocycles. The molecule has 0 bridgehead atoms. The van der Waals surface area contributed by atoms with Crippen LogP contribution in [-0.2, 0) is 0 Å². The van der Waals surface area contributed by atoms with E-state index in [1.54, 1.807) is 14.2 Å². The van der Waals surface area contributed by atoms with Crippen LogP contribution in [0.5, 0.6) is 23.0 Å². The molecule has 1 aliphatic heterocycles. The third-order valence-electron chi connectivity index (χ3n) is 3.32. The predicted molar refractivity (Wildman–Crippen MR) is 74.7 cm³/mol. The van der Waals surface area contributed by atoms with Crippen molar-refractivity contribution in [3.8, 4) is 34.1 Å². The van der Waals surface area contributed by atoms with E-state index in [1.807, 2.05) is 31.2 Å². The summed E-state index contributed by atoms with van der Waals surface area (Å²) in [6, 6.07) is 10.7. The Balaban J connectivity index is 2.20. The Hall–Kier alpha value is -2.36. The topological polar surface area (TPSA) is 36.9 Å². The first kappa shape index (κ1) is 12.7. The molecule has 0 unspecified atom stereocenters. The fraction of sp³-hybridized carbons (Fsp3) is 0.250. The lowest BCUT2D eigenvalue weighted by atomic mass is 10.00. The normalized spacial score (nSPS) is 12.3. The van der Waals surface area contributed by atoms with Crippen molar-refractivity contribution < 1.29 is 18.9 Å². The predicted octanol–water partition coefficient (Wildman–Crippen LogP) is 3.21. The molecule has 4 heteroatoms. The number of hydrogen-bond acceptors (Lipinski definition) is 4. The van der Waals surface area contributed by atoms with Crippen molar-refractivity contribution in [1.82, 2.24) is 0 Å². The molecule has 1 aliphatic rings. The molecule has 103 valence electrons. The molecule has 0 N–H and O–H groups in total. The summed E-state index contributed by atoms with van der Waals surface area (Å²) in [7, 11) is 3.28. The van der Waals surface area contributed by atoms with E-state index in [2.05, 4.69) is 6.07 Å². The van der Waals surface area contributed by atoms with E-state index in [-0.39, 0.29) is 6.79 Å². The molecule has 0 aromatic heterocycles. The molecule has 0 saturated carbocycles. The second-order valence-corrected chi connectivity index (χ2v) is 4.46. The van der Waals surface area contributed by atoms with Gasteiger partial charge in [-0.1, -0.05) is 6.07 Å². The van der Waals surface area contributed by atoms with Gasteiger partial charge in [-0.3, -0.25) is 0 Å². The molecule has 2 aromatic rings. The zero-order valence-corrected chi connectivity index (χ0v) is 11.6. The molecule has 0 fully saturated rings. The Morgan fingerprint density at radius 1 is 1.10 bits per heavy atom. The lowest BCUT2D eigenvalue weighted by Gasteiger charge is -2.15. The van der Waals surface area contributed by atoms with Crippen LogP contribution in [0.3, 0.4) is 0 Å². The number of hydrogen-bond donors (Lipinski definition) is 0. The first-order valence-electron chi connectivity index (χ1n) is 6.28. The summed E-state index contributed by atoms with van der Waals surface area (Å²) in [6.07, 6.45) is 0. The lowest BCUT2D eigenvalue weighted by molar-refractivity contribution is 0.174. The zero-order valence-electron chi connectivity index (χ0n) is 11.6. The monoisotopic (exact) mass is 271 g/mol. The van der Waals surface area contributed by atoms with Gasteiger partial charge in [0.1, 0.15) is 11.5 Å². The van der Waals surface area contributed by atoms with E-state index in [1.165, 1.54) is 0 Å². The van der Waals surface area contributed by atoms with Crippen molar-refractivity contribution in [3.05, 3.63) is 35.9 Å². The Labute approximate surface area is 117 Å². The molecule has 1 heterocycles. The first-order chi connectivity index (χ1) is 9.74. The Morgan fingerprint density at radius 2 is 1.90 bits per heavy atom. The standard InChI is InChI=1S/C16H15O4/c1-10-4-6-13(17-2)15(16(10)18-3)11-5-7-12-14(8-11)20-9-19-12/h5-8H,9H2,1-3H3. The maximum absolute atomic E-state index is 5.51. The van der Waals surface area contributed by atoms with Crippen LogP contribution in [0.25, 0.3) is 11.1 Å². The molecule has 4 nitrogen and oxygen atoms in total.